The zero-order valence-electron chi connectivity index (χ0n) is 11.7. The summed E-state index contributed by atoms with van der Waals surface area (Å²) in [4.78, 5) is 12.1. The molecular formula is C16H16N2O3. The number of rotatable bonds is 3. The summed E-state index contributed by atoms with van der Waals surface area (Å²) in [6, 6.07) is 11.1. The molecule has 0 spiro atoms. The van der Waals surface area contributed by atoms with E-state index in [0.717, 1.165) is 11.1 Å². The lowest BCUT2D eigenvalue weighted by molar-refractivity contribution is -0.115. The normalized spacial score (nSPS) is 12.2. The highest BCUT2D eigenvalue weighted by Crippen LogP contribution is 2.38. The highest BCUT2D eigenvalue weighted by atomic mass is 16.7. The van der Waals surface area contributed by atoms with Crippen LogP contribution in [0, 0.1) is 6.92 Å². The molecule has 3 rings (SSSR count). The van der Waals surface area contributed by atoms with Gasteiger partial charge >= 0.3 is 0 Å². The predicted octanol–water partition coefficient (Wildman–Crippen LogP) is 2.49. The summed E-state index contributed by atoms with van der Waals surface area (Å²) in [5, 5.41) is 2.82. The van der Waals surface area contributed by atoms with Crippen LogP contribution in [-0.2, 0) is 11.2 Å². The number of nitrogens with two attached hydrogens (primary N) is 1. The fourth-order valence-corrected chi connectivity index (χ4v) is 2.24. The van der Waals surface area contributed by atoms with Crippen molar-refractivity contribution in [2.24, 2.45) is 0 Å². The average Bonchev–Trinajstić information content (AvgIpc) is 2.89. The summed E-state index contributed by atoms with van der Waals surface area (Å²) in [7, 11) is 0. The number of carbonyl (C=O) groups excluding carboxylic acids is 1. The third kappa shape index (κ3) is 2.76. The first-order valence-electron chi connectivity index (χ1n) is 6.67. The van der Waals surface area contributed by atoms with Crippen LogP contribution in [-0.4, -0.2) is 12.7 Å². The highest BCUT2D eigenvalue weighted by molar-refractivity contribution is 5.96. The first-order chi connectivity index (χ1) is 10.1. The molecule has 0 bridgehead atoms. The number of anilines is 2. The largest absolute Gasteiger partial charge is 0.454 e. The Hall–Kier alpha value is -2.69. The quantitative estimate of drug-likeness (QED) is 0.849. The Labute approximate surface area is 122 Å². The van der Waals surface area contributed by atoms with Gasteiger partial charge in [-0.25, -0.2) is 0 Å². The SMILES string of the molecule is Cc1ccccc1CC(=O)Nc1cc2c(cc1N)OCO2. The Balaban J connectivity index is 1.75. The van der Waals surface area contributed by atoms with E-state index in [2.05, 4.69) is 5.32 Å². The molecule has 5 nitrogen and oxygen atoms in total. The van der Waals surface area contributed by atoms with Crippen LogP contribution in [0.2, 0.25) is 0 Å². The molecule has 0 saturated heterocycles. The minimum absolute atomic E-state index is 0.116. The summed E-state index contributed by atoms with van der Waals surface area (Å²) < 4.78 is 10.5. The van der Waals surface area contributed by atoms with E-state index >= 15 is 0 Å². The van der Waals surface area contributed by atoms with Crippen molar-refractivity contribution in [3.8, 4) is 11.5 Å². The molecule has 1 aliphatic heterocycles. The molecule has 108 valence electrons. The monoisotopic (exact) mass is 284 g/mol. The minimum Gasteiger partial charge on any atom is -0.454 e. The Morgan fingerprint density at radius 2 is 1.95 bits per heavy atom. The number of fused-ring (bicyclic) bond motifs is 1. The third-order valence-electron chi connectivity index (χ3n) is 3.43. The Morgan fingerprint density at radius 1 is 1.24 bits per heavy atom. The molecule has 0 atom stereocenters. The molecule has 21 heavy (non-hydrogen) atoms. The van der Waals surface area contributed by atoms with Gasteiger partial charge in [0.2, 0.25) is 12.7 Å². The van der Waals surface area contributed by atoms with Gasteiger partial charge in [0.25, 0.3) is 0 Å². The van der Waals surface area contributed by atoms with Crippen LogP contribution in [0.4, 0.5) is 11.4 Å². The van der Waals surface area contributed by atoms with Crippen LogP contribution in [0.25, 0.3) is 0 Å². The molecule has 1 aliphatic rings. The molecule has 2 aromatic carbocycles. The smallest absolute Gasteiger partial charge is 0.231 e. The van der Waals surface area contributed by atoms with E-state index in [1.165, 1.54) is 0 Å². The maximum atomic E-state index is 12.1. The van der Waals surface area contributed by atoms with Gasteiger partial charge in [-0.15, -0.1) is 0 Å². The van der Waals surface area contributed by atoms with Crippen LogP contribution < -0.4 is 20.5 Å². The number of amides is 1. The number of benzene rings is 2. The number of hydrogen-bond donors (Lipinski definition) is 2. The Bertz CT molecular complexity index is 698. The van der Waals surface area contributed by atoms with Crippen molar-refractivity contribution < 1.29 is 14.3 Å². The van der Waals surface area contributed by atoms with Crippen molar-refractivity contribution >= 4 is 17.3 Å². The molecule has 5 heteroatoms. The van der Waals surface area contributed by atoms with Crippen molar-refractivity contribution in [2.45, 2.75) is 13.3 Å². The molecule has 0 fully saturated rings. The fraction of sp³-hybridized carbons (Fsp3) is 0.188. The molecule has 2 aromatic rings. The molecule has 1 amide bonds. The van der Waals surface area contributed by atoms with Gasteiger partial charge in [0, 0.05) is 12.1 Å². The van der Waals surface area contributed by atoms with Gasteiger partial charge in [-0.2, -0.15) is 0 Å². The first kappa shape index (κ1) is 13.3. The van der Waals surface area contributed by atoms with Gasteiger partial charge < -0.3 is 20.5 Å². The molecule has 0 aromatic heterocycles. The van der Waals surface area contributed by atoms with Crippen molar-refractivity contribution in [1.29, 1.82) is 0 Å². The van der Waals surface area contributed by atoms with Gasteiger partial charge in [0.05, 0.1) is 17.8 Å². The van der Waals surface area contributed by atoms with E-state index < -0.39 is 0 Å². The maximum Gasteiger partial charge on any atom is 0.231 e. The molecule has 0 radical (unpaired) electrons. The summed E-state index contributed by atoms with van der Waals surface area (Å²) in [5.74, 6) is 1.08. The first-order valence-corrected chi connectivity index (χ1v) is 6.67. The Morgan fingerprint density at radius 3 is 2.71 bits per heavy atom. The van der Waals surface area contributed by atoms with E-state index in [0.29, 0.717) is 29.3 Å². The number of ether oxygens (including phenoxy) is 2. The number of aryl methyl sites for hydroxylation is 1. The molecule has 0 unspecified atom stereocenters. The summed E-state index contributed by atoms with van der Waals surface area (Å²) in [6.45, 7) is 2.16. The lowest BCUT2D eigenvalue weighted by atomic mass is 10.1. The van der Waals surface area contributed by atoms with E-state index in [9.17, 15) is 4.79 Å². The maximum absolute atomic E-state index is 12.1. The number of nitrogen functional groups attached to an aromatic ring is 1. The van der Waals surface area contributed by atoms with Crippen LogP contribution in [0.3, 0.4) is 0 Å². The topological polar surface area (TPSA) is 73.6 Å². The summed E-state index contributed by atoms with van der Waals surface area (Å²) in [5.41, 5.74) is 8.99. The van der Waals surface area contributed by atoms with Crippen molar-refractivity contribution in [1.82, 2.24) is 0 Å². The van der Waals surface area contributed by atoms with Crippen molar-refractivity contribution in [3.63, 3.8) is 0 Å². The van der Waals surface area contributed by atoms with Crippen LogP contribution in [0.15, 0.2) is 36.4 Å². The van der Waals surface area contributed by atoms with Crippen molar-refractivity contribution in [2.75, 3.05) is 17.8 Å². The minimum atomic E-state index is -0.116. The van der Waals surface area contributed by atoms with Gasteiger partial charge in [-0.3, -0.25) is 4.79 Å². The average molecular weight is 284 g/mol. The second-order valence-corrected chi connectivity index (χ2v) is 4.94. The zero-order chi connectivity index (χ0) is 14.8. The van der Waals surface area contributed by atoms with E-state index in [1.807, 2.05) is 31.2 Å². The second-order valence-electron chi connectivity index (χ2n) is 4.94. The van der Waals surface area contributed by atoms with Crippen LogP contribution in [0.5, 0.6) is 11.5 Å². The standard InChI is InChI=1S/C16H16N2O3/c1-10-4-2-3-5-11(10)6-16(19)18-13-8-15-14(7-12(13)17)20-9-21-15/h2-5,7-8H,6,9,17H2,1H3,(H,18,19). The zero-order valence-corrected chi connectivity index (χ0v) is 11.7. The van der Waals surface area contributed by atoms with Crippen LogP contribution >= 0.6 is 0 Å². The van der Waals surface area contributed by atoms with E-state index in [4.69, 9.17) is 15.2 Å². The van der Waals surface area contributed by atoms with Gasteiger partial charge in [-0.1, -0.05) is 24.3 Å². The number of hydrogen-bond acceptors (Lipinski definition) is 4. The van der Waals surface area contributed by atoms with Crippen molar-refractivity contribution in [3.05, 3.63) is 47.5 Å². The lowest BCUT2D eigenvalue weighted by Gasteiger charge is -2.10. The molecule has 3 N–H and O–H groups in total. The predicted molar refractivity (Wildman–Crippen MR) is 80.5 cm³/mol. The summed E-state index contributed by atoms with van der Waals surface area (Å²) in [6.07, 6.45) is 0.306. The molecular weight excluding hydrogens is 268 g/mol. The van der Waals surface area contributed by atoms with Gasteiger partial charge in [0.1, 0.15) is 0 Å². The third-order valence-corrected chi connectivity index (χ3v) is 3.43. The molecule has 0 aliphatic carbocycles. The molecule has 1 heterocycles. The lowest BCUT2D eigenvalue weighted by Crippen LogP contribution is -2.16. The van der Waals surface area contributed by atoms with E-state index in [-0.39, 0.29) is 12.7 Å². The van der Waals surface area contributed by atoms with E-state index in [1.54, 1.807) is 12.1 Å². The second kappa shape index (κ2) is 5.36. The number of carbonyl (C=O) groups is 1. The van der Waals surface area contributed by atoms with Crippen LogP contribution in [0.1, 0.15) is 11.1 Å². The van der Waals surface area contributed by atoms with Gasteiger partial charge in [-0.05, 0) is 18.1 Å². The highest BCUT2D eigenvalue weighted by Gasteiger charge is 2.17. The Kier molecular flexibility index (Phi) is 3.39. The summed E-state index contributed by atoms with van der Waals surface area (Å²) >= 11 is 0. The fourth-order valence-electron chi connectivity index (χ4n) is 2.24. The number of nitrogens with one attached hydrogen (secondary N) is 1. The van der Waals surface area contributed by atoms with Gasteiger partial charge in [0.15, 0.2) is 11.5 Å². The molecule has 0 saturated carbocycles.